The number of para-hydroxylation sites is 1. The number of hydrogen-bond donors (Lipinski definition) is 2. The van der Waals surface area contributed by atoms with Gasteiger partial charge in [0.05, 0.1) is 5.69 Å². The topological polar surface area (TPSA) is 125 Å². The second-order valence-electron chi connectivity index (χ2n) is 3.45. The number of benzene rings is 1. The molecule has 0 saturated heterocycles. The minimum atomic E-state index is -1.03. The number of nitrogens with zero attached hydrogens (tertiary/aromatic N) is 3. The van der Waals surface area contributed by atoms with E-state index in [9.17, 15) is 14.5 Å². The Hall–Kier alpha value is -2.90. The molecule has 0 saturated carbocycles. The van der Waals surface area contributed by atoms with Crippen LogP contribution in [0.5, 0.6) is 0 Å². The number of anilines is 1. The first-order valence-corrected chi connectivity index (χ1v) is 4.89. The lowest BCUT2D eigenvalue weighted by molar-refractivity contribution is 0.780. The van der Waals surface area contributed by atoms with E-state index >= 15 is 0 Å². The van der Waals surface area contributed by atoms with E-state index in [1.165, 1.54) is 0 Å². The fraction of sp³-hybridized carbons (Fsp3) is 0. The molecule has 1 aromatic carbocycles. The molecule has 4 N–H and O–H groups in total. The standard InChI is InChI=1S/C10H9N5O3/c11-8-7(13-18)9(16)15(12)10(17)14(8)6-4-2-1-3-5-6/h1-5H,11-12H2. The van der Waals surface area contributed by atoms with E-state index < -0.39 is 16.9 Å². The van der Waals surface area contributed by atoms with Gasteiger partial charge in [-0.25, -0.2) is 9.36 Å². The summed E-state index contributed by atoms with van der Waals surface area (Å²) in [5, 5.41) is 2.51. The van der Waals surface area contributed by atoms with Gasteiger partial charge in [-0.15, -0.1) is 4.91 Å². The largest absolute Gasteiger partial charge is 0.383 e. The van der Waals surface area contributed by atoms with Crippen molar-refractivity contribution < 1.29 is 0 Å². The second kappa shape index (κ2) is 4.17. The third kappa shape index (κ3) is 1.56. The molecule has 92 valence electrons. The Balaban J connectivity index is 2.93. The van der Waals surface area contributed by atoms with Crippen LogP contribution in [0.3, 0.4) is 0 Å². The van der Waals surface area contributed by atoms with E-state index in [0.717, 1.165) is 4.57 Å². The summed E-state index contributed by atoms with van der Waals surface area (Å²) in [6, 6.07) is 8.23. The maximum atomic E-state index is 11.9. The van der Waals surface area contributed by atoms with Gasteiger partial charge in [-0.2, -0.15) is 4.68 Å². The molecule has 0 atom stereocenters. The van der Waals surface area contributed by atoms with Crippen LogP contribution in [-0.4, -0.2) is 9.24 Å². The summed E-state index contributed by atoms with van der Waals surface area (Å²) in [4.78, 5) is 33.9. The fourth-order valence-corrected chi connectivity index (χ4v) is 1.54. The Labute approximate surface area is 100 Å². The van der Waals surface area contributed by atoms with Gasteiger partial charge in [0.25, 0.3) is 0 Å². The highest BCUT2D eigenvalue weighted by molar-refractivity contribution is 5.59. The first-order valence-electron chi connectivity index (χ1n) is 4.89. The van der Waals surface area contributed by atoms with Gasteiger partial charge in [0.15, 0.2) is 0 Å². The summed E-state index contributed by atoms with van der Waals surface area (Å²) in [7, 11) is 0. The van der Waals surface area contributed by atoms with E-state index in [1.54, 1.807) is 30.3 Å². The second-order valence-corrected chi connectivity index (χ2v) is 3.45. The Kier molecular flexibility index (Phi) is 2.68. The predicted octanol–water partition coefficient (Wildman–Crippen LogP) is -0.307. The maximum Gasteiger partial charge on any atom is 0.356 e. The molecule has 2 aromatic rings. The Morgan fingerprint density at radius 2 is 1.72 bits per heavy atom. The number of nitroso groups, excluding NO2 is 1. The van der Waals surface area contributed by atoms with Crippen LogP contribution in [0.4, 0.5) is 11.5 Å². The van der Waals surface area contributed by atoms with E-state index in [-0.39, 0.29) is 5.82 Å². The van der Waals surface area contributed by atoms with Crippen molar-refractivity contribution in [3.05, 3.63) is 56.1 Å². The summed E-state index contributed by atoms with van der Waals surface area (Å²) in [6.07, 6.45) is 0. The summed E-state index contributed by atoms with van der Waals surface area (Å²) in [6.45, 7) is 0. The molecule has 0 fully saturated rings. The number of rotatable bonds is 2. The third-order valence-electron chi connectivity index (χ3n) is 2.41. The van der Waals surface area contributed by atoms with Gasteiger partial charge in [0.2, 0.25) is 5.69 Å². The van der Waals surface area contributed by atoms with Crippen molar-refractivity contribution >= 4 is 11.5 Å². The van der Waals surface area contributed by atoms with Crippen LogP contribution in [0.2, 0.25) is 0 Å². The molecule has 0 spiro atoms. The molecule has 8 heteroatoms. The molecule has 2 rings (SSSR count). The number of hydrogen-bond acceptors (Lipinski definition) is 6. The van der Waals surface area contributed by atoms with Gasteiger partial charge < -0.3 is 11.6 Å². The molecule has 1 heterocycles. The van der Waals surface area contributed by atoms with E-state index in [1.807, 2.05) is 0 Å². The molecule has 8 nitrogen and oxygen atoms in total. The summed E-state index contributed by atoms with van der Waals surface area (Å²) in [5.74, 6) is 4.94. The average molecular weight is 247 g/mol. The highest BCUT2D eigenvalue weighted by atomic mass is 16.3. The van der Waals surface area contributed by atoms with E-state index in [2.05, 4.69) is 5.18 Å². The molecular formula is C10H9N5O3. The van der Waals surface area contributed by atoms with Gasteiger partial charge >= 0.3 is 11.2 Å². The maximum absolute atomic E-state index is 11.9. The van der Waals surface area contributed by atoms with Gasteiger partial charge in [-0.1, -0.05) is 18.2 Å². The monoisotopic (exact) mass is 247 g/mol. The molecule has 0 aliphatic carbocycles. The average Bonchev–Trinajstić information content (AvgIpc) is 2.38. The van der Waals surface area contributed by atoms with Crippen LogP contribution in [-0.2, 0) is 0 Å². The highest BCUT2D eigenvalue weighted by Gasteiger charge is 2.17. The van der Waals surface area contributed by atoms with Crippen molar-refractivity contribution in [3.8, 4) is 5.69 Å². The summed E-state index contributed by atoms with van der Waals surface area (Å²) < 4.78 is 1.23. The van der Waals surface area contributed by atoms with Crippen LogP contribution in [0.25, 0.3) is 5.69 Å². The van der Waals surface area contributed by atoms with E-state index in [4.69, 9.17) is 11.6 Å². The van der Waals surface area contributed by atoms with Gasteiger partial charge in [0.1, 0.15) is 5.82 Å². The van der Waals surface area contributed by atoms with Crippen molar-refractivity contribution in [2.75, 3.05) is 11.6 Å². The quantitative estimate of drug-likeness (QED) is 0.556. The zero-order valence-corrected chi connectivity index (χ0v) is 9.11. The zero-order valence-electron chi connectivity index (χ0n) is 9.11. The fourth-order valence-electron chi connectivity index (χ4n) is 1.54. The molecule has 1 aromatic heterocycles. The van der Waals surface area contributed by atoms with Gasteiger partial charge in [0, 0.05) is 0 Å². The summed E-state index contributed by atoms with van der Waals surface area (Å²) in [5.41, 5.74) is 3.50. The Bertz CT molecular complexity index is 717. The molecule has 0 radical (unpaired) electrons. The molecule has 0 amide bonds. The lowest BCUT2D eigenvalue weighted by Gasteiger charge is -2.11. The van der Waals surface area contributed by atoms with Crippen LogP contribution >= 0.6 is 0 Å². The van der Waals surface area contributed by atoms with Crippen molar-refractivity contribution in [2.45, 2.75) is 0 Å². The van der Waals surface area contributed by atoms with Crippen molar-refractivity contribution in [1.29, 1.82) is 0 Å². The van der Waals surface area contributed by atoms with Crippen molar-refractivity contribution in [2.24, 2.45) is 5.18 Å². The Morgan fingerprint density at radius 3 is 2.28 bits per heavy atom. The third-order valence-corrected chi connectivity index (χ3v) is 2.41. The van der Waals surface area contributed by atoms with Gasteiger partial charge in [-0.05, 0) is 17.3 Å². The SMILES string of the molecule is Nc1c(N=O)c(=O)n(N)c(=O)n1-c1ccccc1. The normalized spacial score (nSPS) is 10.2. The minimum Gasteiger partial charge on any atom is -0.383 e. The molecular weight excluding hydrogens is 238 g/mol. The Morgan fingerprint density at radius 1 is 1.11 bits per heavy atom. The van der Waals surface area contributed by atoms with Crippen molar-refractivity contribution in [1.82, 2.24) is 9.24 Å². The summed E-state index contributed by atoms with van der Waals surface area (Å²) >= 11 is 0. The number of nitrogen functional groups attached to an aromatic ring is 2. The lowest BCUT2D eigenvalue weighted by atomic mass is 10.3. The first-order chi connectivity index (χ1) is 8.57. The molecule has 18 heavy (non-hydrogen) atoms. The lowest BCUT2D eigenvalue weighted by Crippen LogP contribution is -2.44. The van der Waals surface area contributed by atoms with E-state index in [0.29, 0.717) is 10.4 Å². The number of nitrogens with two attached hydrogens (primary N) is 2. The minimum absolute atomic E-state index is 0.292. The molecule has 0 bridgehead atoms. The highest BCUT2D eigenvalue weighted by Crippen LogP contribution is 2.17. The van der Waals surface area contributed by atoms with Crippen LogP contribution in [0.1, 0.15) is 0 Å². The first kappa shape index (κ1) is 11.6. The van der Waals surface area contributed by atoms with Gasteiger partial charge in [-0.3, -0.25) is 4.79 Å². The zero-order chi connectivity index (χ0) is 13.3. The predicted molar refractivity (Wildman–Crippen MR) is 66.3 cm³/mol. The van der Waals surface area contributed by atoms with Crippen LogP contribution < -0.4 is 22.8 Å². The smallest absolute Gasteiger partial charge is 0.356 e. The van der Waals surface area contributed by atoms with Crippen molar-refractivity contribution in [3.63, 3.8) is 0 Å². The molecule has 0 aliphatic rings. The van der Waals surface area contributed by atoms with Crippen LogP contribution in [0, 0.1) is 4.91 Å². The molecule has 0 unspecified atom stereocenters. The molecule has 0 aliphatic heterocycles. The number of aromatic nitrogens is 2. The van der Waals surface area contributed by atoms with Crippen LogP contribution in [0.15, 0.2) is 45.1 Å².